The molecule has 2 N–H and O–H groups in total. The lowest BCUT2D eigenvalue weighted by molar-refractivity contribution is -0.132. The van der Waals surface area contributed by atoms with Crippen molar-refractivity contribution in [1.82, 2.24) is 10.2 Å². The van der Waals surface area contributed by atoms with E-state index >= 15 is 0 Å². The third kappa shape index (κ3) is 2.02. The molecule has 96 valence electrons. The van der Waals surface area contributed by atoms with E-state index in [9.17, 15) is 9.90 Å². The number of nitrogens with one attached hydrogen (secondary N) is 1. The predicted octanol–water partition coefficient (Wildman–Crippen LogP) is 0.467. The van der Waals surface area contributed by atoms with Gasteiger partial charge >= 0.3 is 0 Å². The van der Waals surface area contributed by atoms with Gasteiger partial charge in [-0.05, 0) is 17.5 Å². The minimum atomic E-state index is -0.347. The van der Waals surface area contributed by atoms with E-state index in [2.05, 4.69) is 11.4 Å². The molecule has 4 heteroatoms. The number of hydrogen-bond acceptors (Lipinski definition) is 3. The maximum atomic E-state index is 12.5. The molecule has 1 amide bonds. The fourth-order valence-electron chi connectivity index (χ4n) is 2.88. The van der Waals surface area contributed by atoms with Crippen LogP contribution in [0.25, 0.3) is 0 Å². The van der Waals surface area contributed by atoms with Gasteiger partial charge in [-0.1, -0.05) is 24.3 Å². The summed E-state index contributed by atoms with van der Waals surface area (Å²) in [7, 11) is 0. The minimum absolute atomic E-state index is 0.0970. The van der Waals surface area contributed by atoms with Crippen LogP contribution in [0.1, 0.15) is 23.5 Å². The first-order valence-corrected chi connectivity index (χ1v) is 6.51. The van der Waals surface area contributed by atoms with Crippen molar-refractivity contribution in [3.8, 4) is 0 Å². The van der Waals surface area contributed by atoms with Gasteiger partial charge in [0.05, 0.1) is 12.0 Å². The summed E-state index contributed by atoms with van der Waals surface area (Å²) in [6, 6.07) is 8.11. The average molecular weight is 246 g/mol. The normalized spacial score (nSPS) is 27.1. The van der Waals surface area contributed by atoms with Crippen LogP contribution in [-0.4, -0.2) is 41.7 Å². The molecule has 4 nitrogen and oxygen atoms in total. The van der Waals surface area contributed by atoms with Crippen molar-refractivity contribution in [3.05, 3.63) is 35.4 Å². The van der Waals surface area contributed by atoms with Gasteiger partial charge in [-0.2, -0.15) is 0 Å². The third-order valence-corrected chi connectivity index (χ3v) is 3.87. The topological polar surface area (TPSA) is 52.6 Å². The van der Waals surface area contributed by atoms with E-state index < -0.39 is 0 Å². The number of carbonyl (C=O) groups excluding carboxylic acids is 1. The molecule has 1 aromatic carbocycles. The van der Waals surface area contributed by atoms with Gasteiger partial charge in [0.25, 0.3) is 0 Å². The largest absolute Gasteiger partial charge is 0.391 e. The summed E-state index contributed by atoms with van der Waals surface area (Å²) < 4.78 is 0. The lowest BCUT2D eigenvalue weighted by atomic mass is 9.90. The maximum Gasteiger partial charge on any atom is 0.231 e. The van der Waals surface area contributed by atoms with Crippen molar-refractivity contribution >= 4 is 5.91 Å². The standard InChI is InChI=1S/C14H18N2O2/c17-11-5-6-16(9-11)14(18)13-8-15-7-10-3-1-2-4-12(10)13/h1-4,11,13,15,17H,5-9H2/t11-,13?/m1/s1. The van der Waals surface area contributed by atoms with Crippen LogP contribution in [0.2, 0.25) is 0 Å². The fourth-order valence-corrected chi connectivity index (χ4v) is 2.88. The van der Waals surface area contributed by atoms with Crippen LogP contribution in [0.15, 0.2) is 24.3 Å². The average Bonchev–Trinajstić information content (AvgIpc) is 2.84. The van der Waals surface area contributed by atoms with Gasteiger partial charge in [0.2, 0.25) is 5.91 Å². The number of fused-ring (bicyclic) bond motifs is 1. The zero-order valence-electron chi connectivity index (χ0n) is 10.3. The molecule has 18 heavy (non-hydrogen) atoms. The molecule has 1 aromatic rings. The Bertz CT molecular complexity index is 461. The quantitative estimate of drug-likeness (QED) is 0.757. The van der Waals surface area contributed by atoms with Gasteiger partial charge in [0, 0.05) is 26.2 Å². The first-order chi connectivity index (χ1) is 8.75. The summed E-state index contributed by atoms with van der Waals surface area (Å²) in [5.41, 5.74) is 2.35. The van der Waals surface area contributed by atoms with Gasteiger partial charge < -0.3 is 15.3 Å². The van der Waals surface area contributed by atoms with E-state index in [0.29, 0.717) is 26.1 Å². The molecule has 2 aliphatic heterocycles. The highest BCUT2D eigenvalue weighted by Crippen LogP contribution is 2.26. The van der Waals surface area contributed by atoms with Gasteiger partial charge in [-0.15, -0.1) is 0 Å². The Morgan fingerprint density at radius 2 is 2.22 bits per heavy atom. The monoisotopic (exact) mass is 246 g/mol. The smallest absolute Gasteiger partial charge is 0.231 e. The molecule has 0 saturated carbocycles. The Hall–Kier alpha value is -1.39. The molecule has 0 radical (unpaired) electrons. The van der Waals surface area contributed by atoms with E-state index in [0.717, 1.165) is 12.1 Å². The highest BCUT2D eigenvalue weighted by molar-refractivity contribution is 5.85. The molecular formula is C14H18N2O2. The van der Waals surface area contributed by atoms with E-state index in [4.69, 9.17) is 0 Å². The first kappa shape index (κ1) is 11.7. The van der Waals surface area contributed by atoms with Crippen molar-refractivity contribution in [2.24, 2.45) is 0 Å². The van der Waals surface area contributed by atoms with Crippen LogP contribution >= 0.6 is 0 Å². The molecule has 0 bridgehead atoms. The summed E-state index contributed by atoms with van der Waals surface area (Å²) >= 11 is 0. The first-order valence-electron chi connectivity index (χ1n) is 6.51. The third-order valence-electron chi connectivity index (χ3n) is 3.87. The van der Waals surface area contributed by atoms with Crippen LogP contribution in [0.5, 0.6) is 0 Å². The van der Waals surface area contributed by atoms with E-state index in [1.807, 2.05) is 18.2 Å². The molecule has 0 aromatic heterocycles. The highest BCUT2D eigenvalue weighted by Gasteiger charge is 2.33. The van der Waals surface area contributed by atoms with Crippen LogP contribution in [-0.2, 0) is 11.3 Å². The number of amides is 1. The molecule has 2 heterocycles. The number of β-amino-alcohol motifs (C(OH)–C–C–N with tert-alkyl or cyclic N) is 1. The lowest BCUT2D eigenvalue weighted by Crippen LogP contribution is -2.40. The summed E-state index contributed by atoms with van der Waals surface area (Å²) in [5.74, 6) is 0.0476. The molecule has 1 fully saturated rings. The summed E-state index contributed by atoms with van der Waals surface area (Å²) in [6.07, 6.45) is 0.355. The minimum Gasteiger partial charge on any atom is -0.391 e. The fraction of sp³-hybridized carbons (Fsp3) is 0.500. The van der Waals surface area contributed by atoms with Gasteiger partial charge in [0.15, 0.2) is 0 Å². The highest BCUT2D eigenvalue weighted by atomic mass is 16.3. The Morgan fingerprint density at radius 3 is 3.00 bits per heavy atom. The molecule has 2 atom stereocenters. The number of hydrogen-bond donors (Lipinski definition) is 2. The summed E-state index contributed by atoms with van der Waals surface area (Å²) in [6.45, 7) is 2.70. The predicted molar refractivity (Wildman–Crippen MR) is 68.1 cm³/mol. The van der Waals surface area contributed by atoms with Crippen molar-refractivity contribution in [2.45, 2.75) is 25.0 Å². The molecule has 0 spiro atoms. The van der Waals surface area contributed by atoms with Gasteiger partial charge in [-0.25, -0.2) is 0 Å². The van der Waals surface area contributed by atoms with Crippen molar-refractivity contribution in [1.29, 1.82) is 0 Å². The summed E-state index contributed by atoms with van der Waals surface area (Å²) in [5, 5.41) is 12.8. The number of nitrogens with zero attached hydrogens (tertiary/aromatic N) is 1. The van der Waals surface area contributed by atoms with Crippen LogP contribution in [0, 0.1) is 0 Å². The Morgan fingerprint density at radius 1 is 1.39 bits per heavy atom. The second-order valence-corrected chi connectivity index (χ2v) is 5.11. The van der Waals surface area contributed by atoms with Gasteiger partial charge in [0.1, 0.15) is 0 Å². The number of rotatable bonds is 1. The summed E-state index contributed by atoms with van der Waals surface area (Å²) in [4.78, 5) is 14.3. The second kappa shape index (κ2) is 4.71. The molecule has 3 rings (SSSR count). The number of carbonyl (C=O) groups is 1. The zero-order chi connectivity index (χ0) is 12.5. The van der Waals surface area contributed by atoms with E-state index in [1.165, 1.54) is 5.56 Å². The van der Waals surface area contributed by atoms with Gasteiger partial charge in [-0.3, -0.25) is 4.79 Å². The van der Waals surface area contributed by atoms with Crippen LogP contribution in [0.4, 0.5) is 0 Å². The van der Waals surface area contributed by atoms with Crippen LogP contribution in [0.3, 0.4) is 0 Å². The van der Waals surface area contributed by atoms with Crippen molar-refractivity contribution in [3.63, 3.8) is 0 Å². The molecule has 2 aliphatic rings. The SMILES string of the molecule is O=C(C1CNCc2ccccc21)N1CC[C@@H](O)C1. The van der Waals surface area contributed by atoms with Crippen molar-refractivity contribution in [2.75, 3.05) is 19.6 Å². The zero-order valence-corrected chi connectivity index (χ0v) is 10.3. The molecular weight excluding hydrogens is 228 g/mol. The lowest BCUT2D eigenvalue weighted by Gasteiger charge is -2.29. The van der Waals surface area contributed by atoms with E-state index in [1.54, 1.807) is 4.90 Å². The Balaban J connectivity index is 1.83. The number of benzene rings is 1. The molecule has 0 aliphatic carbocycles. The van der Waals surface area contributed by atoms with E-state index in [-0.39, 0.29) is 17.9 Å². The Labute approximate surface area is 107 Å². The number of likely N-dealkylation sites (tertiary alicyclic amines) is 1. The number of aliphatic hydroxyl groups excluding tert-OH is 1. The molecule has 1 unspecified atom stereocenters. The van der Waals surface area contributed by atoms with Crippen LogP contribution < -0.4 is 5.32 Å². The maximum absolute atomic E-state index is 12.5. The number of aliphatic hydroxyl groups is 1. The Kier molecular flexibility index (Phi) is 3.06. The second-order valence-electron chi connectivity index (χ2n) is 5.11. The van der Waals surface area contributed by atoms with Crippen molar-refractivity contribution < 1.29 is 9.90 Å². The molecule has 1 saturated heterocycles.